The summed E-state index contributed by atoms with van der Waals surface area (Å²) in [5, 5.41) is 0. The van der Waals surface area contributed by atoms with Gasteiger partial charge in [-0.15, -0.1) is 0 Å². The van der Waals surface area contributed by atoms with Crippen LogP contribution in [-0.4, -0.2) is 14.8 Å². The van der Waals surface area contributed by atoms with E-state index in [1.165, 1.54) is 6.33 Å². The van der Waals surface area contributed by atoms with Crippen LogP contribution in [0.2, 0.25) is 0 Å². The summed E-state index contributed by atoms with van der Waals surface area (Å²) < 4.78 is 0. The van der Waals surface area contributed by atoms with Crippen LogP contribution in [0.25, 0.3) is 0 Å². The second-order valence-corrected chi connectivity index (χ2v) is 3.71. The summed E-state index contributed by atoms with van der Waals surface area (Å²) in [5.74, 6) is 0. The fourth-order valence-electron chi connectivity index (χ4n) is 1.36. The lowest BCUT2D eigenvalue weighted by atomic mass is 10.1. The van der Waals surface area contributed by atoms with Crippen LogP contribution >= 0.6 is 12.2 Å². The molecule has 0 aliphatic heterocycles. The second-order valence-electron chi connectivity index (χ2n) is 3.30. The molecule has 0 saturated heterocycles. The molecule has 1 aromatic carbocycles. The van der Waals surface area contributed by atoms with E-state index in [1.807, 2.05) is 0 Å². The third-order valence-corrected chi connectivity index (χ3v) is 2.60. The molecular formula is C11H10N4S. The van der Waals surface area contributed by atoms with Crippen LogP contribution in [0.5, 0.6) is 0 Å². The second kappa shape index (κ2) is 4.24. The van der Waals surface area contributed by atoms with E-state index in [4.69, 9.17) is 23.7 Å². The van der Waals surface area contributed by atoms with Crippen molar-refractivity contribution in [3.8, 4) is 0 Å². The van der Waals surface area contributed by atoms with Gasteiger partial charge in [0.1, 0.15) is 6.33 Å². The predicted molar refractivity (Wildman–Crippen MR) is 68.1 cm³/mol. The summed E-state index contributed by atoms with van der Waals surface area (Å²) in [7, 11) is 0. The molecule has 5 heteroatoms. The summed E-state index contributed by atoms with van der Waals surface area (Å²) in [4.78, 5) is 8.45. The van der Waals surface area contributed by atoms with Crippen LogP contribution in [0.1, 0.15) is 11.1 Å². The molecule has 0 fully saturated rings. The number of hydrogen-bond acceptors (Lipinski definition) is 5. The minimum atomic E-state index is 0.564. The highest BCUT2D eigenvalue weighted by molar-refractivity contribution is 7.81. The van der Waals surface area contributed by atoms with E-state index in [1.54, 1.807) is 30.6 Å². The van der Waals surface area contributed by atoms with E-state index in [2.05, 4.69) is 9.97 Å². The van der Waals surface area contributed by atoms with Crippen LogP contribution in [-0.2, 0) is 0 Å². The minimum Gasteiger partial charge on any atom is -0.399 e. The van der Waals surface area contributed by atoms with Crippen molar-refractivity contribution in [2.75, 3.05) is 11.5 Å². The molecule has 0 amide bonds. The highest BCUT2D eigenvalue weighted by atomic mass is 32.1. The lowest BCUT2D eigenvalue weighted by Crippen LogP contribution is -2.05. The monoisotopic (exact) mass is 230 g/mol. The van der Waals surface area contributed by atoms with Gasteiger partial charge in [0.15, 0.2) is 0 Å². The summed E-state index contributed by atoms with van der Waals surface area (Å²) >= 11 is 5.32. The molecule has 0 spiro atoms. The number of nitrogens with two attached hydrogens (primary N) is 2. The van der Waals surface area contributed by atoms with E-state index in [0.717, 1.165) is 11.1 Å². The van der Waals surface area contributed by atoms with Gasteiger partial charge < -0.3 is 11.5 Å². The van der Waals surface area contributed by atoms with Crippen molar-refractivity contribution in [2.45, 2.75) is 0 Å². The average Bonchev–Trinajstić information content (AvgIpc) is 2.29. The van der Waals surface area contributed by atoms with Crippen molar-refractivity contribution in [1.29, 1.82) is 0 Å². The summed E-state index contributed by atoms with van der Waals surface area (Å²) in [6.07, 6.45) is 4.77. The maximum absolute atomic E-state index is 5.85. The molecule has 4 nitrogen and oxygen atoms in total. The molecule has 1 heterocycles. The zero-order valence-electron chi connectivity index (χ0n) is 8.42. The first-order chi connectivity index (χ1) is 7.68. The number of hydrogen-bond donors (Lipinski definition) is 2. The minimum absolute atomic E-state index is 0.564. The predicted octanol–water partition coefficient (Wildman–Crippen LogP) is 1.41. The van der Waals surface area contributed by atoms with E-state index in [0.29, 0.717) is 16.2 Å². The number of nitrogen functional groups attached to an aromatic ring is 2. The Morgan fingerprint density at radius 1 is 1.12 bits per heavy atom. The molecule has 4 N–H and O–H groups in total. The van der Waals surface area contributed by atoms with Gasteiger partial charge in [0.25, 0.3) is 0 Å². The van der Waals surface area contributed by atoms with Crippen LogP contribution in [0.4, 0.5) is 11.4 Å². The van der Waals surface area contributed by atoms with Gasteiger partial charge in [0, 0.05) is 34.9 Å². The maximum atomic E-state index is 5.85. The first-order valence-electron chi connectivity index (χ1n) is 4.63. The lowest BCUT2D eigenvalue weighted by molar-refractivity contribution is 1.16. The van der Waals surface area contributed by atoms with Gasteiger partial charge in [-0.05, 0) is 18.2 Å². The van der Waals surface area contributed by atoms with Crippen molar-refractivity contribution in [3.05, 3.63) is 48.0 Å². The normalized spacial score (nSPS) is 10.0. The van der Waals surface area contributed by atoms with E-state index < -0.39 is 0 Å². The number of nitrogens with zero attached hydrogens (tertiary/aromatic N) is 2. The third-order valence-electron chi connectivity index (χ3n) is 2.14. The van der Waals surface area contributed by atoms with E-state index >= 15 is 0 Å². The van der Waals surface area contributed by atoms with Gasteiger partial charge >= 0.3 is 0 Å². The highest BCUT2D eigenvalue weighted by Crippen LogP contribution is 2.19. The van der Waals surface area contributed by atoms with Crippen molar-refractivity contribution in [2.24, 2.45) is 0 Å². The Balaban J connectivity index is 2.42. The van der Waals surface area contributed by atoms with Crippen LogP contribution < -0.4 is 11.5 Å². The summed E-state index contributed by atoms with van der Waals surface area (Å²) in [5.41, 5.74) is 14.2. The number of anilines is 2. The summed E-state index contributed by atoms with van der Waals surface area (Å²) in [6.45, 7) is 0. The number of benzene rings is 1. The Labute approximate surface area is 98.3 Å². The maximum Gasteiger partial charge on any atom is 0.115 e. The zero-order valence-corrected chi connectivity index (χ0v) is 9.24. The molecule has 0 saturated carbocycles. The van der Waals surface area contributed by atoms with Gasteiger partial charge in [-0.1, -0.05) is 12.2 Å². The topological polar surface area (TPSA) is 77.8 Å². The molecule has 16 heavy (non-hydrogen) atoms. The number of aromatic nitrogens is 2. The smallest absolute Gasteiger partial charge is 0.115 e. The molecular weight excluding hydrogens is 220 g/mol. The van der Waals surface area contributed by atoms with Crippen LogP contribution in [0.3, 0.4) is 0 Å². The standard InChI is InChI=1S/C11H10N4S/c12-8-1-2-9(10(13)3-8)11(16)7-4-14-6-15-5-7/h1-6H,12-13H2. The van der Waals surface area contributed by atoms with Crippen molar-refractivity contribution in [1.82, 2.24) is 9.97 Å². The van der Waals surface area contributed by atoms with E-state index in [9.17, 15) is 0 Å². The molecule has 0 aliphatic carbocycles. The Morgan fingerprint density at radius 2 is 1.81 bits per heavy atom. The molecule has 0 unspecified atom stereocenters. The van der Waals surface area contributed by atoms with Crippen molar-refractivity contribution < 1.29 is 0 Å². The number of rotatable bonds is 2. The average molecular weight is 230 g/mol. The van der Waals surface area contributed by atoms with Gasteiger partial charge in [0.2, 0.25) is 0 Å². The molecule has 0 radical (unpaired) electrons. The quantitative estimate of drug-likeness (QED) is 0.463. The molecule has 0 atom stereocenters. The molecule has 0 bridgehead atoms. The van der Waals surface area contributed by atoms with Gasteiger partial charge in [-0.2, -0.15) is 0 Å². The number of thiocarbonyl (C=S) groups is 1. The van der Waals surface area contributed by atoms with Gasteiger partial charge in [0.05, 0.1) is 4.86 Å². The first-order valence-corrected chi connectivity index (χ1v) is 5.04. The Kier molecular flexibility index (Phi) is 2.78. The third kappa shape index (κ3) is 1.99. The van der Waals surface area contributed by atoms with E-state index in [-0.39, 0.29) is 0 Å². The van der Waals surface area contributed by atoms with Crippen molar-refractivity contribution in [3.63, 3.8) is 0 Å². The Bertz CT molecular complexity index is 525. The highest BCUT2D eigenvalue weighted by Gasteiger charge is 2.08. The Morgan fingerprint density at radius 3 is 2.44 bits per heavy atom. The molecule has 0 aliphatic rings. The molecule has 80 valence electrons. The zero-order chi connectivity index (χ0) is 11.5. The fourth-order valence-corrected chi connectivity index (χ4v) is 1.65. The van der Waals surface area contributed by atoms with Crippen molar-refractivity contribution >= 4 is 28.5 Å². The van der Waals surface area contributed by atoms with Crippen LogP contribution in [0.15, 0.2) is 36.9 Å². The molecule has 1 aromatic heterocycles. The SMILES string of the molecule is Nc1ccc(C(=S)c2cncnc2)c(N)c1. The lowest BCUT2D eigenvalue weighted by Gasteiger charge is -2.07. The largest absolute Gasteiger partial charge is 0.399 e. The Hall–Kier alpha value is -2.01. The fraction of sp³-hybridized carbons (Fsp3) is 0. The molecule has 2 rings (SSSR count). The first kappa shape index (κ1) is 10.5. The van der Waals surface area contributed by atoms with Crippen LogP contribution in [0, 0.1) is 0 Å². The van der Waals surface area contributed by atoms with Gasteiger partial charge in [-0.3, -0.25) is 0 Å². The summed E-state index contributed by atoms with van der Waals surface area (Å²) in [6, 6.07) is 5.26. The molecule has 2 aromatic rings. The van der Waals surface area contributed by atoms with Gasteiger partial charge in [-0.25, -0.2) is 9.97 Å².